The Balaban J connectivity index is 1.96. The Morgan fingerprint density at radius 1 is 1.24 bits per heavy atom. The van der Waals surface area contributed by atoms with Crippen molar-refractivity contribution >= 4 is 39.9 Å². The monoisotopic (exact) mass is 297 g/mol. The van der Waals surface area contributed by atoms with Crippen LogP contribution in [0.25, 0.3) is 10.9 Å². The van der Waals surface area contributed by atoms with E-state index in [9.17, 15) is 4.79 Å². The first-order chi connectivity index (χ1) is 10.2. The Kier molecular flexibility index (Phi) is 3.58. The van der Waals surface area contributed by atoms with Gasteiger partial charge in [0.2, 0.25) is 0 Å². The Labute approximate surface area is 126 Å². The van der Waals surface area contributed by atoms with Gasteiger partial charge in [-0.05, 0) is 36.6 Å². The average molecular weight is 297 g/mol. The largest absolute Gasteiger partial charge is 0.399 e. The van der Waals surface area contributed by atoms with Gasteiger partial charge in [-0.3, -0.25) is 4.79 Å². The summed E-state index contributed by atoms with van der Waals surface area (Å²) in [6, 6.07) is 13.2. The summed E-state index contributed by atoms with van der Waals surface area (Å²) in [6.45, 7) is 0. The van der Waals surface area contributed by atoms with E-state index in [2.05, 4.69) is 10.3 Å². The number of hydrogen-bond acceptors (Lipinski definition) is 3. The molecule has 0 bridgehead atoms. The lowest BCUT2D eigenvalue weighted by Gasteiger charge is -2.08. The number of aromatic amines is 1. The smallest absolute Gasteiger partial charge is 0.257 e. The van der Waals surface area contributed by atoms with Crippen molar-refractivity contribution in [2.75, 3.05) is 17.3 Å². The average Bonchev–Trinajstić information content (AvgIpc) is 2.90. The number of nitrogen functional groups attached to an aromatic ring is 1. The molecule has 3 aromatic rings. The molecule has 1 heterocycles. The van der Waals surface area contributed by atoms with Crippen LogP contribution in [0.1, 0.15) is 10.4 Å². The fourth-order valence-electron chi connectivity index (χ4n) is 2.26. The molecule has 4 N–H and O–H groups in total. The van der Waals surface area contributed by atoms with E-state index < -0.39 is 0 Å². The van der Waals surface area contributed by atoms with Gasteiger partial charge in [-0.2, -0.15) is 0 Å². The minimum absolute atomic E-state index is 0.145. The predicted octanol–water partition coefficient (Wildman–Crippen LogP) is 3.72. The van der Waals surface area contributed by atoms with Gasteiger partial charge < -0.3 is 16.0 Å². The van der Waals surface area contributed by atoms with E-state index in [1.807, 2.05) is 42.7 Å². The molecule has 0 fully saturated rings. The number of H-pyrrole nitrogens is 1. The molecule has 106 valence electrons. The summed E-state index contributed by atoms with van der Waals surface area (Å²) in [5.41, 5.74) is 8.74. The molecule has 5 heteroatoms. The fraction of sp³-hybridized carbons (Fsp3) is 0.0625. The van der Waals surface area contributed by atoms with Crippen molar-refractivity contribution in [3.8, 4) is 0 Å². The number of para-hydroxylation sites is 1. The van der Waals surface area contributed by atoms with E-state index in [0.717, 1.165) is 21.5 Å². The van der Waals surface area contributed by atoms with Gasteiger partial charge in [0, 0.05) is 27.7 Å². The first-order valence-corrected chi connectivity index (χ1v) is 7.72. The Morgan fingerprint density at radius 3 is 2.86 bits per heavy atom. The zero-order valence-corrected chi connectivity index (χ0v) is 12.3. The molecule has 0 aliphatic carbocycles. The van der Waals surface area contributed by atoms with Gasteiger partial charge in [0.25, 0.3) is 5.91 Å². The second kappa shape index (κ2) is 5.54. The summed E-state index contributed by atoms with van der Waals surface area (Å²) in [6.07, 6.45) is 3.69. The van der Waals surface area contributed by atoms with Crippen LogP contribution in [0, 0.1) is 0 Å². The van der Waals surface area contributed by atoms with Crippen LogP contribution in [0.5, 0.6) is 0 Å². The van der Waals surface area contributed by atoms with E-state index >= 15 is 0 Å². The second-order valence-electron chi connectivity index (χ2n) is 4.66. The molecule has 0 radical (unpaired) electrons. The maximum atomic E-state index is 12.5. The van der Waals surface area contributed by atoms with Crippen molar-refractivity contribution in [2.24, 2.45) is 0 Å². The van der Waals surface area contributed by atoms with Crippen molar-refractivity contribution in [1.82, 2.24) is 4.98 Å². The minimum atomic E-state index is -0.145. The van der Waals surface area contributed by atoms with E-state index in [-0.39, 0.29) is 5.91 Å². The van der Waals surface area contributed by atoms with Crippen molar-refractivity contribution in [1.29, 1.82) is 0 Å². The lowest BCUT2D eigenvalue weighted by Crippen LogP contribution is -2.12. The number of carbonyl (C=O) groups is 1. The highest BCUT2D eigenvalue weighted by Crippen LogP contribution is 2.26. The third-order valence-electron chi connectivity index (χ3n) is 3.31. The molecule has 0 saturated heterocycles. The topological polar surface area (TPSA) is 70.9 Å². The lowest BCUT2D eigenvalue weighted by molar-refractivity contribution is 0.102. The van der Waals surface area contributed by atoms with Crippen LogP contribution < -0.4 is 11.1 Å². The number of aromatic nitrogens is 1. The Hall–Kier alpha value is -2.40. The summed E-state index contributed by atoms with van der Waals surface area (Å²) in [7, 11) is 0. The molecule has 21 heavy (non-hydrogen) atoms. The molecule has 1 aromatic heterocycles. The van der Waals surface area contributed by atoms with Gasteiger partial charge in [-0.1, -0.05) is 12.1 Å². The van der Waals surface area contributed by atoms with Crippen molar-refractivity contribution in [3.63, 3.8) is 0 Å². The van der Waals surface area contributed by atoms with Crippen LogP contribution in [-0.2, 0) is 0 Å². The van der Waals surface area contributed by atoms with Gasteiger partial charge >= 0.3 is 0 Å². The molecule has 2 aromatic carbocycles. The van der Waals surface area contributed by atoms with E-state index in [4.69, 9.17) is 5.73 Å². The van der Waals surface area contributed by atoms with Crippen LogP contribution in [-0.4, -0.2) is 17.1 Å². The Bertz CT molecular complexity index is 810. The summed E-state index contributed by atoms with van der Waals surface area (Å²) >= 11 is 1.60. The number of rotatable bonds is 3. The molecule has 0 atom stereocenters. The summed E-state index contributed by atoms with van der Waals surface area (Å²) in [4.78, 5) is 16.6. The number of nitrogens with two attached hydrogens (primary N) is 1. The van der Waals surface area contributed by atoms with Crippen molar-refractivity contribution in [3.05, 3.63) is 54.2 Å². The summed E-state index contributed by atoms with van der Waals surface area (Å²) < 4.78 is 0. The van der Waals surface area contributed by atoms with Crippen LogP contribution in [0.2, 0.25) is 0 Å². The number of nitrogens with one attached hydrogen (secondary N) is 2. The number of hydrogen-bond donors (Lipinski definition) is 3. The first kappa shape index (κ1) is 13.6. The van der Waals surface area contributed by atoms with E-state index in [1.165, 1.54) is 0 Å². The number of benzene rings is 2. The number of fused-ring (bicyclic) bond motifs is 1. The standard InChI is InChI=1S/C16H15N3OS/c1-21-15-5-3-2-4-14(15)19-16(20)12-9-18-13-7-6-10(17)8-11(12)13/h2-9,18H,17H2,1H3,(H,19,20). The van der Waals surface area contributed by atoms with Gasteiger partial charge in [0.1, 0.15) is 0 Å². The van der Waals surface area contributed by atoms with Gasteiger partial charge in [0.15, 0.2) is 0 Å². The van der Waals surface area contributed by atoms with Gasteiger partial charge in [-0.25, -0.2) is 0 Å². The third-order valence-corrected chi connectivity index (χ3v) is 4.10. The molecule has 4 nitrogen and oxygen atoms in total. The molecule has 3 rings (SSSR count). The highest BCUT2D eigenvalue weighted by molar-refractivity contribution is 7.98. The van der Waals surface area contributed by atoms with Crippen LogP contribution in [0.15, 0.2) is 53.6 Å². The van der Waals surface area contributed by atoms with E-state index in [0.29, 0.717) is 11.3 Å². The molecule has 0 aliphatic rings. The molecule has 0 saturated carbocycles. The molecule has 1 amide bonds. The van der Waals surface area contributed by atoms with Gasteiger partial charge in [-0.15, -0.1) is 11.8 Å². The van der Waals surface area contributed by atoms with Crippen molar-refractivity contribution < 1.29 is 4.79 Å². The molecule has 0 aliphatic heterocycles. The minimum Gasteiger partial charge on any atom is -0.399 e. The maximum absolute atomic E-state index is 12.5. The van der Waals surface area contributed by atoms with Crippen LogP contribution in [0.3, 0.4) is 0 Å². The number of carbonyl (C=O) groups excluding carboxylic acids is 1. The quantitative estimate of drug-likeness (QED) is 0.509. The van der Waals surface area contributed by atoms with Crippen LogP contribution in [0.4, 0.5) is 11.4 Å². The lowest BCUT2D eigenvalue weighted by atomic mass is 10.1. The molecule has 0 unspecified atom stereocenters. The normalized spacial score (nSPS) is 10.7. The number of anilines is 2. The van der Waals surface area contributed by atoms with Crippen LogP contribution >= 0.6 is 11.8 Å². The number of thioether (sulfide) groups is 1. The molecular weight excluding hydrogens is 282 g/mol. The Morgan fingerprint density at radius 2 is 2.05 bits per heavy atom. The SMILES string of the molecule is CSc1ccccc1NC(=O)c1c[nH]c2ccc(N)cc12. The maximum Gasteiger partial charge on any atom is 0.257 e. The highest BCUT2D eigenvalue weighted by Gasteiger charge is 2.13. The molecular formula is C16H15N3OS. The van der Waals surface area contributed by atoms with E-state index in [1.54, 1.807) is 24.0 Å². The van der Waals surface area contributed by atoms with Crippen molar-refractivity contribution in [2.45, 2.75) is 4.90 Å². The zero-order valence-electron chi connectivity index (χ0n) is 11.5. The fourth-order valence-corrected chi connectivity index (χ4v) is 2.82. The summed E-state index contributed by atoms with van der Waals surface area (Å²) in [5, 5.41) is 3.78. The number of amides is 1. The first-order valence-electron chi connectivity index (χ1n) is 6.50. The second-order valence-corrected chi connectivity index (χ2v) is 5.51. The molecule has 0 spiro atoms. The summed E-state index contributed by atoms with van der Waals surface area (Å²) in [5.74, 6) is -0.145. The van der Waals surface area contributed by atoms with Gasteiger partial charge in [0.05, 0.1) is 11.3 Å². The zero-order chi connectivity index (χ0) is 14.8. The highest BCUT2D eigenvalue weighted by atomic mass is 32.2. The third kappa shape index (κ3) is 2.60. The predicted molar refractivity (Wildman–Crippen MR) is 88.9 cm³/mol.